The molecule has 2 aromatic rings. The Labute approximate surface area is 199 Å². The molecular weight excluding hydrogens is 438 g/mol. The minimum Gasteiger partial charge on any atom is -0.437 e. The number of rotatable bonds is 10. The van der Waals surface area contributed by atoms with Crippen molar-refractivity contribution < 1.29 is 23.8 Å². The molecule has 0 saturated carbocycles. The van der Waals surface area contributed by atoms with Crippen molar-refractivity contribution in [3.63, 3.8) is 0 Å². The molecule has 7 heteroatoms. The molecule has 3 rings (SSSR count). The molecule has 33 heavy (non-hydrogen) atoms. The van der Waals surface area contributed by atoms with Crippen molar-refractivity contribution in [2.75, 3.05) is 33.4 Å². The van der Waals surface area contributed by atoms with E-state index >= 15 is 0 Å². The van der Waals surface area contributed by atoms with E-state index in [0.717, 1.165) is 9.79 Å². The van der Waals surface area contributed by atoms with Crippen LogP contribution >= 0.6 is 11.8 Å². The summed E-state index contributed by atoms with van der Waals surface area (Å²) in [4.78, 5) is 29.1. The van der Waals surface area contributed by atoms with E-state index in [0.29, 0.717) is 50.5 Å². The Morgan fingerprint density at radius 1 is 1.00 bits per heavy atom. The molecule has 0 unspecified atom stereocenters. The summed E-state index contributed by atoms with van der Waals surface area (Å²) in [6.45, 7) is 10.4. The molecule has 2 aromatic carbocycles. The van der Waals surface area contributed by atoms with Crippen LogP contribution in [0.1, 0.15) is 23.2 Å². The molecule has 6 nitrogen and oxygen atoms in total. The molecule has 0 N–H and O–H groups in total. The lowest BCUT2D eigenvalue weighted by atomic mass is 9.81. The first kappa shape index (κ1) is 24.8. The molecule has 0 spiro atoms. The zero-order chi connectivity index (χ0) is 23.7. The first-order chi connectivity index (χ1) is 16.0. The molecule has 174 valence electrons. The number of carbonyl (C=O) groups is 2. The number of morpholine rings is 1. The van der Waals surface area contributed by atoms with E-state index in [1.807, 2.05) is 48.6 Å². The molecule has 0 atom stereocenters. The summed E-state index contributed by atoms with van der Waals surface area (Å²) in [7, 11) is 1.26. The van der Waals surface area contributed by atoms with Crippen molar-refractivity contribution in [1.82, 2.24) is 4.90 Å². The van der Waals surface area contributed by atoms with Crippen LogP contribution in [-0.4, -0.2) is 55.8 Å². The first-order valence-corrected chi connectivity index (χ1v) is 11.6. The summed E-state index contributed by atoms with van der Waals surface area (Å²) < 4.78 is 15.0. The molecule has 1 aliphatic heterocycles. The normalized spacial score (nSPS) is 14.3. The second kappa shape index (κ2) is 11.8. The Hall–Kier alpha value is -2.87. The molecule has 0 radical (unpaired) electrons. The topological polar surface area (TPSA) is 65.1 Å². The van der Waals surface area contributed by atoms with E-state index in [4.69, 9.17) is 9.47 Å². The molecule has 0 bridgehead atoms. The quantitative estimate of drug-likeness (QED) is 0.201. The highest BCUT2D eigenvalue weighted by atomic mass is 32.2. The van der Waals surface area contributed by atoms with Crippen molar-refractivity contribution in [3.05, 3.63) is 79.4 Å². The van der Waals surface area contributed by atoms with Gasteiger partial charge in [0, 0.05) is 28.4 Å². The average molecular weight is 468 g/mol. The number of hydrogen-bond donors (Lipinski definition) is 0. The molecule has 0 amide bonds. The van der Waals surface area contributed by atoms with Gasteiger partial charge in [-0.15, -0.1) is 13.2 Å². The van der Waals surface area contributed by atoms with Crippen LogP contribution in [-0.2, 0) is 9.47 Å². The number of ether oxygens (including phenoxy) is 3. The van der Waals surface area contributed by atoms with Crippen LogP contribution in [0.2, 0.25) is 0 Å². The Kier molecular flexibility index (Phi) is 8.88. The lowest BCUT2D eigenvalue weighted by Crippen LogP contribution is -2.57. The fourth-order valence-electron chi connectivity index (χ4n) is 3.93. The predicted molar refractivity (Wildman–Crippen MR) is 129 cm³/mol. The van der Waals surface area contributed by atoms with Gasteiger partial charge >= 0.3 is 6.16 Å². The van der Waals surface area contributed by atoms with Gasteiger partial charge in [-0.2, -0.15) is 0 Å². The van der Waals surface area contributed by atoms with Gasteiger partial charge < -0.3 is 14.2 Å². The zero-order valence-corrected chi connectivity index (χ0v) is 19.6. The van der Waals surface area contributed by atoms with Crippen molar-refractivity contribution in [2.45, 2.75) is 28.2 Å². The highest BCUT2D eigenvalue weighted by Gasteiger charge is 2.42. The van der Waals surface area contributed by atoms with E-state index in [1.165, 1.54) is 7.11 Å². The Morgan fingerprint density at radius 2 is 1.55 bits per heavy atom. The van der Waals surface area contributed by atoms with Crippen LogP contribution in [0, 0.1) is 0 Å². The van der Waals surface area contributed by atoms with Gasteiger partial charge in [-0.3, -0.25) is 9.69 Å². The summed E-state index contributed by atoms with van der Waals surface area (Å²) in [5.74, 6) is 0.487. The van der Waals surface area contributed by atoms with Gasteiger partial charge in [0.1, 0.15) is 5.75 Å². The van der Waals surface area contributed by atoms with Crippen LogP contribution < -0.4 is 4.74 Å². The number of methoxy groups -OCH3 is 1. The van der Waals surface area contributed by atoms with Gasteiger partial charge in [-0.05, 0) is 49.2 Å². The third-order valence-electron chi connectivity index (χ3n) is 5.55. The zero-order valence-electron chi connectivity index (χ0n) is 18.8. The first-order valence-electron chi connectivity index (χ1n) is 10.8. The minimum atomic E-state index is -0.753. The monoisotopic (exact) mass is 467 g/mol. The summed E-state index contributed by atoms with van der Waals surface area (Å²) in [6.07, 6.45) is 3.98. The van der Waals surface area contributed by atoms with E-state index in [9.17, 15) is 9.59 Å². The van der Waals surface area contributed by atoms with Crippen LogP contribution in [0.3, 0.4) is 0 Å². The number of Topliss-reactive ketones (excluding diaryl/α,β-unsaturated/α-hetero) is 1. The second-order valence-corrected chi connectivity index (χ2v) is 8.75. The number of carbonyl (C=O) groups excluding carboxylic acids is 2. The van der Waals surface area contributed by atoms with Gasteiger partial charge in [0.15, 0.2) is 5.78 Å². The second-order valence-electron chi connectivity index (χ2n) is 7.60. The summed E-state index contributed by atoms with van der Waals surface area (Å²) in [5, 5.41) is 0. The minimum absolute atomic E-state index is 0.0741. The highest BCUT2D eigenvalue weighted by molar-refractivity contribution is 7.99. The van der Waals surface area contributed by atoms with Crippen molar-refractivity contribution in [1.29, 1.82) is 0 Å². The summed E-state index contributed by atoms with van der Waals surface area (Å²) in [5.41, 5.74) is -0.0337. The average Bonchev–Trinajstić information content (AvgIpc) is 2.85. The predicted octanol–water partition coefficient (Wildman–Crippen LogP) is 5.39. The van der Waals surface area contributed by atoms with Crippen LogP contribution in [0.25, 0.3) is 0 Å². The fraction of sp³-hybridized carbons (Fsp3) is 0.308. The molecular formula is C26H29NO5S. The van der Waals surface area contributed by atoms with E-state index in [2.05, 4.69) is 22.8 Å². The van der Waals surface area contributed by atoms with Crippen LogP contribution in [0.15, 0.2) is 83.6 Å². The van der Waals surface area contributed by atoms with Crippen LogP contribution in [0.5, 0.6) is 5.75 Å². The van der Waals surface area contributed by atoms with Crippen molar-refractivity contribution >= 4 is 23.7 Å². The van der Waals surface area contributed by atoms with E-state index in [1.54, 1.807) is 23.9 Å². The van der Waals surface area contributed by atoms with Gasteiger partial charge in [0.25, 0.3) is 0 Å². The maximum Gasteiger partial charge on any atom is 0.513 e. The van der Waals surface area contributed by atoms with Gasteiger partial charge in [-0.1, -0.05) is 36.0 Å². The van der Waals surface area contributed by atoms with Gasteiger partial charge in [0.05, 0.1) is 25.9 Å². The third kappa shape index (κ3) is 6.13. The summed E-state index contributed by atoms with van der Waals surface area (Å²) in [6, 6.07) is 14.8. The van der Waals surface area contributed by atoms with Gasteiger partial charge in [-0.25, -0.2) is 4.79 Å². The molecule has 0 aliphatic carbocycles. The smallest absolute Gasteiger partial charge is 0.437 e. The fourth-order valence-corrected chi connectivity index (χ4v) is 4.75. The third-order valence-corrected chi connectivity index (χ3v) is 6.56. The number of nitrogens with zero attached hydrogens (tertiary/aromatic N) is 1. The Balaban J connectivity index is 1.75. The number of ketones is 1. The molecule has 1 saturated heterocycles. The lowest BCUT2D eigenvalue weighted by molar-refractivity contribution is -0.0134. The molecule has 1 fully saturated rings. The molecule has 1 aliphatic rings. The Bertz CT molecular complexity index is 955. The van der Waals surface area contributed by atoms with Gasteiger partial charge in [0.2, 0.25) is 0 Å². The Morgan fingerprint density at radius 3 is 2.06 bits per heavy atom. The van der Waals surface area contributed by atoms with E-state index in [-0.39, 0.29) is 5.78 Å². The van der Waals surface area contributed by atoms with Crippen LogP contribution in [0.4, 0.5) is 4.79 Å². The van der Waals surface area contributed by atoms with Crippen molar-refractivity contribution in [3.8, 4) is 5.75 Å². The maximum atomic E-state index is 13.7. The van der Waals surface area contributed by atoms with E-state index < -0.39 is 11.7 Å². The van der Waals surface area contributed by atoms with Crippen molar-refractivity contribution in [2.24, 2.45) is 0 Å². The number of benzene rings is 2. The maximum absolute atomic E-state index is 13.7. The summed E-state index contributed by atoms with van der Waals surface area (Å²) >= 11 is 1.56. The lowest BCUT2D eigenvalue weighted by Gasteiger charge is -2.44. The molecule has 1 heterocycles. The SMILES string of the molecule is C=CCC(CC=C)(C(=O)c1ccc(Sc2ccc(OC(=O)OC)cc2)cc1)N1CCOCC1. The number of hydrogen-bond acceptors (Lipinski definition) is 7. The standard InChI is InChI=1S/C26H29NO5S/c1-4-14-26(15-5-2,27-16-18-31-19-17-27)24(28)20-6-10-22(11-7-20)33-23-12-8-21(9-13-23)32-25(29)30-3/h4-13H,1-2,14-19H2,3H3. The molecule has 0 aromatic heterocycles. The largest absolute Gasteiger partial charge is 0.513 e. The highest BCUT2D eigenvalue weighted by Crippen LogP contribution is 2.33.